The number of carboxylic acid groups (broad SMARTS) is 1. The third-order valence-electron chi connectivity index (χ3n) is 5.40. The predicted molar refractivity (Wildman–Crippen MR) is 128 cm³/mol. The van der Waals surface area contributed by atoms with Crippen LogP contribution in [0.5, 0.6) is 17.2 Å². The second kappa shape index (κ2) is 11.9. The first-order chi connectivity index (χ1) is 16.1. The van der Waals surface area contributed by atoms with Crippen molar-refractivity contribution in [2.24, 2.45) is 0 Å². The fourth-order valence-corrected chi connectivity index (χ4v) is 3.67. The third kappa shape index (κ3) is 6.25. The van der Waals surface area contributed by atoms with Crippen LogP contribution in [0, 0.1) is 0 Å². The molecule has 176 valence electrons. The molecule has 33 heavy (non-hydrogen) atoms. The average molecular weight is 454 g/mol. The van der Waals surface area contributed by atoms with Crippen LogP contribution < -0.4 is 19.1 Å². The number of carbonyl (C=O) groups is 1. The molecule has 1 N–H and O–H groups in total. The molecule has 3 rings (SSSR count). The minimum Gasteiger partial charge on any atom is -0.497 e. The first-order valence-corrected chi connectivity index (χ1v) is 11.2. The number of carboxylic acids is 1. The Hall–Kier alpha value is -3.55. The van der Waals surface area contributed by atoms with Crippen LogP contribution in [0.1, 0.15) is 39.0 Å². The summed E-state index contributed by atoms with van der Waals surface area (Å²) in [7, 11) is 3.26. The molecule has 8 nitrogen and oxygen atoms in total. The SMILES string of the molecule is CCN(c1ccc(OC)cc1)c1ncnc2cc(OC)c(OCCCCCCC(=O)O)cc12. The summed E-state index contributed by atoms with van der Waals surface area (Å²) in [5, 5.41) is 9.59. The topological polar surface area (TPSA) is 94.0 Å². The molecule has 0 fully saturated rings. The Morgan fingerprint density at radius 3 is 2.39 bits per heavy atom. The summed E-state index contributed by atoms with van der Waals surface area (Å²) in [5.74, 6) is 2.09. The van der Waals surface area contributed by atoms with Crippen LogP contribution in [0.25, 0.3) is 10.9 Å². The molecule has 0 amide bonds. The van der Waals surface area contributed by atoms with Gasteiger partial charge in [0.25, 0.3) is 0 Å². The lowest BCUT2D eigenvalue weighted by Crippen LogP contribution is -2.18. The Labute approximate surface area is 194 Å². The molecule has 8 heteroatoms. The van der Waals surface area contributed by atoms with Crippen LogP contribution in [0.4, 0.5) is 11.5 Å². The van der Waals surface area contributed by atoms with E-state index in [2.05, 4.69) is 21.8 Å². The molecular formula is C25H31N3O5. The summed E-state index contributed by atoms with van der Waals surface area (Å²) < 4.78 is 16.8. The second-order valence-corrected chi connectivity index (χ2v) is 7.57. The number of ether oxygens (including phenoxy) is 3. The molecule has 1 heterocycles. The van der Waals surface area contributed by atoms with E-state index in [4.69, 9.17) is 19.3 Å². The van der Waals surface area contributed by atoms with Crippen LogP contribution in [0.15, 0.2) is 42.7 Å². The number of hydrogen-bond acceptors (Lipinski definition) is 7. The van der Waals surface area contributed by atoms with Crippen molar-refractivity contribution in [1.29, 1.82) is 0 Å². The molecule has 0 aliphatic carbocycles. The molecule has 0 aliphatic rings. The lowest BCUT2D eigenvalue weighted by atomic mass is 10.1. The zero-order valence-electron chi connectivity index (χ0n) is 19.4. The summed E-state index contributed by atoms with van der Waals surface area (Å²) in [6.07, 6.45) is 5.08. The quantitative estimate of drug-likeness (QED) is 0.352. The number of benzene rings is 2. The highest BCUT2D eigenvalue weighted by molar-refractivity contribution is 5.93. The van der Waals surface area contributed by atoms with Gasteiger partial charge in [0, 0.05) is 30.1 Å². The van der Waals surface area contributed by atoms with E-state index in [0.717, 1.165) is 54.0 Å². The van der Waals surface area contributed by atoms with E-state index in [1.807, 2.05) is 36.4 Å². The molecule has 0 spiro atoms. The van der Waals surface area contributed by atoms with Gasteiger partial charge >= 0.3 is 5.97 Å². The summed E-state index contributed by atoms with van der Waals surface area (Å²) in [4.78, 5) is 21.7. The van der Waals surface area contributed by atoms with Crippen molar-refractivity contribution >= 4 is 28.4 Å². The van der Waals surface area contributed by atoms with E-state index >= 15 is 0 Å². The monoisotopic (exact) mass is 453 g/mol. The van der Waals surface area contributed by atoms with Crippen molar-refractivity contribution in [3.8, 4) is 17.2 Å². The van der Waals surface area contributed by atoms with E-state index in [0.29, 0.717) is 24.5 Å². The summed E-state index contributed by atoms with van der Waals surface area (Å²) in [6.45, 7) is 3.31. The van der Waals surface area contributed by atoms with Gasteiger partial charge in [0.2, 0.25) is 0 Å². The Morgan fingerprint density at radius 1 is 0.970 bits per heavy atom. The Kier molecular flexibility index (Phi) is 8.69. The van der Waals surface area contributed by atoms with Gasteiger partial charge in [-0.2, -0.15) is 0 Å². The predicted octanol–water partition coefficient (Wildman–Crippen LogP) is 5.22. The van der Waals surface area contributed by atoms with Gasteiger partial charge < -0.3 is 24.2 Å². The Bertz CT molecular complexity index is 1060. The summed E-state index contributed by atoms with van der Waals surface area (Å²) in [5.41, 5.74) is 1.77. The van der Waals surface area contributed by atoms with Crippen molar-refractivity contribution in [2.45, 2.75) is 39.0 Å². The molecule has 0 saturated heterocycles. The molecule has 0 atom stereocenters. The summed E-state index contributed by atoms with van der Waals surface area (Å²) in [6, 6.07) is 11.7. The number of methoxy groups -OCH3 is 2. The molecular weight excluding hydrogens is 422 g/mol. The Balaban J connectivity index is 1.81. The molecule has 1 aromatic heterocycles. The molecule has 0 saturated carbocycles. The fourth-order valence-electron chi connectivity index (χ4n) is 3.67. The minimum absolute atomic E-state index is 0.213. The van der Waals surface area contributed by atoms with Crippen molar-refractivity contribution in [3.05, 3.63) is 42.7 Å². The van der Waals surface area contributed by atoms with E-state index in [1.54, 1.807) is 20.5 Å². The van der Waals surface area contributed by atoms with Crippen LogP contribution in [-0.2, 0) is 4.79 Å². The van der Waals surface area contributed by atoms with E-state index in [9.17, 15) is 4.79 Å². The van der Waals surface area contributed by atoms with Gasteiger partial charge in [-0.05, 0) is 50.1 Å². The van der Waals surface area contributed by atoms with Gasteiger partial charge in [-0.1, -0.05) is 12.8 Å². The van der Waals surface area contributed by atoms with Gasteiger partial charge in [-0.3, -0.25) is 4.79 Å². The van der Waals surface area contributed by atoms with Gasteiger partial charge in [0.1, 0.15) is 17.9 Å². The smallest absolute Gasteiger partial charge is 0.303 e. The maximum atomic E-state index is 10.6. The van der Waals surface area contributed by atoms with Crippen molar-refractivity contribution in [3.63, 3.8) is 0 Å². The highest BCUT2D eigenvalue weighted by Crippen LogP contribution is 2.37. The van der Waals surface area contributed by atoms with Gasteiger partial charge in [0.05, 0.1) is 26.3 Å². The standard InChI is InChI=1S/C25H31N3O5/c1-4-28(18-10-12-19(31-2)13-11-18)25-20-15-23(22(32-3)16-21(20)26-17-27-25)33-14-8-6-5-7-9-24(29)30/h10-13,15-17H,4-9,14H2,1-3H3,(H,29,30). The summed E-state index contributed by atoms with van der Waals surface area (Å²) >= 11 is 0. The largest absolute Gasteiger partial charge is 0.497 e. The van der Waals surface area contributed by atoms with Gasteiger partial charge in [-0.15, -0.1) is 0 Å². The maximum Gasteiger partial charge on any atom is 0.303 e. The van der Waals surface area contributed by atoms with Crippen LogP contribution in [0.2, 0.25) is 0 Å². The molecule has 3 aromatic rings. The van der Waals surface area contributed by atoms with Crippen LogP contribution in [0.3, 0.4) is 0 Å². The highest BCUT2D eigenvalue weighted by Gasteiger charge is 2.16. The highest BCUT2D eigenvalue weighted by atomic mass is 16.5. The molecule has 2 aromatic carbocycles. The first-order valence-electron chi connectivity index (χ1n) is 11.2. The van der Waals surface area contributed by atoms with E-state index in [1.165, 1.54) is 0 Å². The van der Waals surface area contributed by atoms with Crippen LogP contribution >= 0.6 is 0 Å². The van der Waals surface area contributed by atoms with Crippen molar-refractivity contribution < 1.29 is 24.1 Å². The number of anilines is 2. The van der Waals surface area contributed by atoms with Crippen molar-refractivity contribution in [2.75, 3.05) is 32.3 Å². The number of hydrogen-bond donors (Lipinski definition) is 1. The molecule has 0 bridgehead atoms. The maximum absolute atomic E-state index is 10.6. The normalized spacial score (nSPS) is 10.8. The number of aliphatic carboxylic acids is 1. The number of unbranched alkanes of at least 4 members (excludes halogenated alkanes) is 3. The third-order valence-corrected chi connectivity index (χ3v) is 5.40. The fraction of sp³-hybridized carbons (Fsp3) is 0.400. The molecule has 0 unspecified atom stereocenters. The average Bonchev–Trinajstić information content (AvgIpc) is 2.83. The number of rotatable bonds is 13. The number of nitrogens with zero attached hydrogens (tertiary/aromatic N) is 3. The van der Waals surface area contributed by atoms with Gasteiger partial charge in [-0.25, -0.2) is 9.97 Å². The lowest BCUT2D eigenvalue weighted by molar-refractivity contribution is -0.137. The van der Waals surface area contributed by atoms with E-state index in [-0.39, 0.29) is 6.42 Å². The van der Waals surface area contributed by atoms with E-state index < -0.39 is 5.97 Å². The Morgan fingerprint density at radius 2 is 1.73 bits per heavy atom. The van der Waals surface area contributed by atoms with Gasteiger partial charge in [0.15, 0.2) is 11.5 Å². The van der Waals surface area contributed by atoms with Crippen LogP contribution in [-0.4, -0.2) is 48.4 Å². The minimum atomic E-state index is -0.749. The zero-order chi connectivity index (χ0) is 23.6. The number of fused-ring (bicyclic) bond motifs is 1. The zero-order valence-corrected chi connectivity index (χ0v) is 19.4. The molecule has 0 aliphatic heterocycles. The first kappa shape index (κ1) is 24.1. The number of aromatic nitrogens is 2. The second-order valence-electron chi connectivity index (χ2n) is 7.57. The lowest BCUT2D eigenvalue weighted by Gasteiger charge is -2.24. The van der Waals surface area contributed by atoms with Crippen molar-refractivity contribution in [1.82, 2.24) is 9.97 Å². The molecule has 0 radical (unpaired) electrons.